The van der Waals surface area contributed by atoms with Gasteiger partial charge in [0.25, 0.3) is 5.91 Å². The SMILES string of the molecule is CC1(C)Cc2c(cnn2-c2ccccc2)C(NC(=O)c2cccc(N3CCNC3=O)c2)C1. The summed E-state index contributed by atoms with van der Waals surface area (Å²) in [5, 5.41) is 10.7. The number of amides is 3. The van der Waals surface area contributed by atoms with E-state index in [1.165, 1.54) is 0 Å². The number of hydrogen-bond donors (Lipinski definition) is 2. The van der Waals surface area contributed by atoms with Gasteiger partial charge in [-0.05, 0) is 48.6 Å². The highest BCUT2D eigenvalue weighted by molar-refractivity contribution is 5.98. The molecule has 2 aliphatic rings. The molecule has 0 bridgehead atoms. The molecule has 1 aromatic heterocycles. The molecular weight excluding hydrogens is 402 g/mol. The third kappa shape index (κ3) is 3.75. The molecule has 2 heterocycles. The highest BCUT2D eigenvalue weighted by atomic mass is 16.2. The molecule has 3 amide bonds. The second kappa shape index (κ2) is 7.82. The lowest BCUT2D eigenvalue weighted by Crippen LogP contribution is -2.37. The predicted molar refractivity (Wildman–Crippen MR) is 123 cm³/mol. The highest BCUT2D eigenvalue weighted by Crippen LogP contribution is 2.41. The molecular formula is C25H27N5O2. The average Bonchev–Trinajstić information content (AvgIpc) is 3.40. The normalized spacial score (nSPS) is 19.4. The summed E-state index contributed by atoms with van der Waals surface area (Å²) in [5.41, 5.74) is 4.52. The lowest BCUT2D eigenvalue weighted by molar-refractivity contribution is 0.0919. The van der Waals surface area contributed by atoms with Crippen molar-refractivity contribution >= 4 is 17.6 Å². The molecule has 3 aromatic rings. The number of urea groups is 1. The molecule has 2 aromatic carbocycles. The zero-order valence-corrected chi connectivity index (χ0v) is 18.3. The summed E-state index contributed by atoms with van der Waals surface area (Å²) in [6, 6.07) is 17.1. The van der Waals surface area contributed by atoms with Gasteiger partial charge in [0.2, 0.25) is 0 Å². The van der Waals surface area contributed by atoms with Crippen LogP contribution >= 0.6 is 0 Å². The molecule has 0 spiro atoms. The monoisotopic (exact) mass is 429 g/mol. The second-order valence-electron chi connectivity index (χ2n) is 9.30. The smallest absolute Gasteiger partial charge is 0.321 e. The first kappa shape index (κ1) is 20.3. The number of carbonyl (C=O) groups is 2. The van der Waals surface area contributed by atoms with Crippen molar-refractivity contribution in [3.63, 3.8) is 0 Å². The Bertz CT molecular complexity index is 1170. The summed E-state index contributed by atoms with van der Waals surface area (Å²) in [6.45, 7) is 5.66. The van der Waals surface area contributed by atoms with E-state index in [9.17, 15) is 9.59 Å². The van der Waals surface area contributed by atoms with Crippen molar-refractivity contribution in [2.75, 3.05) is 18.0 Å². The van der Waals surface area contributed by atoms with Crippen molar-refractivity contribution in [3.8, 4) is 5.69 Å². The average molecular weight is 430 g/mol. The van der Waals surface area contributed by atoms with Gasteiger partial charge in [-0.15, -0.1) is 0 Å². The maximum absolute atomic E-state index is 13.2. The van der Waals surface area contributed by atoms with E-state index < -0.39 is 0 Å². The summed E-state index contributed by atoms with van der Waals surface area (Å²) in [6.07, 6.45) is 3.61. The maximum Gasteiger partial charge on any atom is 0.321 e. The topological polar surface area (TPSA) is 79.3 Å². The van der Waals surface area contributed by atoms with E-state index in [1.54, 1.807) is 17.0 Å². The first-order valence-corrected chi connectivity index (χ1v) is 11.0. The largest absolute Gasteiger partial charge is 0.345 e. The van der Waals surface area contributed by atoms with Crippen molar-refractivity contribution in [2.45, 2.75) is 32.7 Å². The van der Waals surface area contributed by atoms with Gasteiger partial charge in [-0.25, -0.2) is 9.48 Å². The number of nitrogens with one attached hydrogen (secondary N) is 2. The Morgan fingerprint density at radius 2 is 1.91 bits per heavy atom. The van der Waals surface area contributed by atoms with Crippen LogP contribution in [0.5, 0.6) is 0 Å². The van der Waals surface area contributed by atoms with Crippen LogP contribution in [-0.2, 0) is 6.42 Å². The Hall–Kier alpha value is -3.61. The van der Waals surface area contributed by atoms with Crippen molar-refractivity contribution in [1.29, 1.82) is 0 Å². The Morgan fingerprint density at radius 3 is 2.66 bits per heavy atom. The van der Waals surface area contributed by atoms with Gasteiger partial charge in [0.15, 0.2) is 0 Å². The third-order valence-corrected chi connectivity index (χ3v) is 6.26. The van der Waals surface area contributed by atoms with Crippen LogP contribution in [0.4, 0.5) is 10.5 Å². The fourth-order valence-electron chi connectivity index (χ4n) is 4.74. The number of benzene rings is 2. The number of fused-ring (bicyclic) bond motifs is 1. The Labute approximate surface area is 187 Å². The lowest BCUT2D eigenvalue weighted by atomic mass is 9.74. The van der Waals surface area contributed by atoms with E-state index in [4.69, 9.17) is 0 Å². The fourth-order valence-corrected chi connectivity index (χ4v) is 4.74. The van der Waals surface area contributed by atoms with Gasteiger partial charge in [0, 0.05) is 29.9 Å². The quantitative estimate of drug-likeness (QED) is 0.661. The van der Waals surface area contributed by atoms with E-state index in [2.05, 4.69) is 29.6 Å². The summed E-state index contributed by atoms with van der Waals surface area (Å²) in [5.74, 6) is -0.146. The predicted octanol–water partition coefficient (Wildman–Crippen LogP) is 3.85. The molecule has 2 N–H and O–H groups in total. The number of carbonyl (C=O) groups excluding carboxylic acids is 2. The van der Waals surface area contributed by atoms with Crippen molar-refractivity contribution in [2.24, 2.45) is 5.41 Å². The first-order valence-electron chi connectivity index (χ1n) is 11.0. The Kier molecular flexibility index (Phi) is 4.96. The van der Waals surface area contributed by atoms with Crippen LogP contribution in [0.25, 0.3) is 5.69 Å². The fraction of sp³-hybridized carbons (Fsp3) is 0.320. The molecule has 1 fully saturated rings. The van der Waals surface area contributed by atoms with Gasteiger partial charge in [0.05, 0.1) is 23.6 Å². The van der Waals surface area contributed by atoms with Crippen LogP contribution in [0.1, 0.15) is 47.9 Å². The number of para-hydroxylation sites is 1. The van der Waals surface area contributed by atoms with Crippen LogP contribution in [0.2, 0.25) is 0 Å². The zero-order valence-electron chi connectivity index (χ0n) is 18.3. The zero-order chi connectivity index (χ0) is 22.3. The molecule has 1 aliphatic heterocycles. The second-order valence-corrected chi connectivity index (χ2v) is 9.30. The molecule has 164 valence electrons. The first-order chi connectivity index (χ1) is 15.4. The van der Waals surface area contributed by atoms with Gasteiger partial charge < -0.3 is 10.6 Å². The minimum Gasteiger partial charge on any atom is -0.345 e. The molecule has 1 atom stereocenters. The third-order valence-electron chi connectivity index (χ3n) is 6.26. The maximum atomic E-state index is 13.2. The number of aromatic nitrogens is 2. The summed E-state index contributed by atoms with van der Waals surface area (Å²) in [7, 11) is 0. The Morgan fingerprint density at radius 1 is 1.12 bits per heavy atom. The van der Waals surface area contributed by atoms with Gasteiger partial charge in [0.1, 0.15) is 0 Å². The number of rotatable bonds is 4. The molecule has 0 radical (unpaired) electrons. The number of anilines is 1. The number of hydrogen-bond acceptors (Lipinski definition) is 3. The van der Waals surface area contributed by atoms with Gasteiger partial charge in [-0.1, -0.05) is 38.1 Å². The standard InChI is InChI=1S/C25H27N5O2/c1-25(2)14-21(20-16-27-30(22(20)15-25)18-8-4-3-5-9-18)28-23(31)17-7-6-10-19(13-17)29-12-11-26-24(29)32/h3-10,13,16,21H,11-12,14-15H2,1-2H3,(H,26,32)(H,28,31). The van der Waals surface area contributed by atoms with E-state index in [-0.39, 0.29) is 23.4 Å². The van der Waals surface area contributed by atoms with Crippen LogP contribution in [-0.4, -0.2) is 34.8 Å². The molecule has 7 heteroatoms. The van der Waals surface area contributed by atoms with E-state index >= 15 is 0 Å². The van der Waals surface area contributed by atoms with Gasteiger partial charge in [-0.3, -0.25) is 9.69 Å². The molecule has 5 rings (SSSR count). The van der Waals surface area contributed by atoms with Gasteiger partial charge in [-0.2, -0.15) is 5.10 Å². The molecule has 1 unspecified atom stereocenters. The van der Waals surface area contributed by atoms with E-state index in [0.29, 0.717) is 18.7 Å². The lowest BCUT2D eigenvalue weighted by Gasteiger charge is -2.36. The van der Waals surface area contributed by atoms with E-state index in [0.717, 1.165) is 35.5 Å². The van der Waals surface area contributed by atoms with Crippen LogP contribution < -0.4 is 15.5 Å². The van der Waals surface area contributed by atoms with Crippen LogP contribution in [0.15, 0.2) is 60.8 Å². The van der Waals surface area contributed by atoms with Crippen LogP contribution in [0.3, 0.4) is 0 Å². The summed E-state index contributed by atoms with van der Waals surface area (Å²) < 4.78 is 1.99. The molecule has 1 aliphatic carbocycles. The van der Waals surface area contributed by atoms with E-state index in [1.807, 2.05) is 53.3 Å². The van der Waals surface area contributed by atoms with Gasteiger partial charge >= 0.3 is 6.03 Å². The van der Waals surface area contributed by atoms with Crippen LogP contribution in [0, 0.1) is 5.41 Å². The minimum absolute atomic E-state index is 0.0208. The summed E-state index contributed by atoms with van der Waals surface area (Å²) in [4.78, 5) is 26.9. The summed E-state index contributed by atoms with van der Waals surface area (Å²) >= 11 is 0. The Balaban J connectivity index is 1.42. The minimum atomic E-state index is -0.146. The molecule has 0 saturated carbocycles. The molecule has 32 heavy (non-hydrogen) atoms. The molecule has 1 saturated heterocycles. The number of nitrogens with zero attached hydrogens (tertiary/aromatic N) is 3. The highest BCUT2D eigenvalue weighted by Gasteiger charge is 2.36. The van der Waals surface area contributed by atoms with Crippen molar-refractivity contribution in [1.82, 2.24) is 20.4 Å². The van der Waals surface area contributed by atoms with Crippen molar-refractivity contribution in [3.05, 3.63) is 77.6 Å². The molecule has 7 nitrogen and oxygen atoms in total. The van der Waals surface area contributed by atoms with Crippen molar-refractivity contribution < 1.29 is 9.59 Å².